The average molecular weight is 317 g/mol. The van der Waals surface area contributed by atoms with Crippen LogP contribution in [0, 0.1) is 17.6 Å². The zero-order valence-electron chi connectivity index (χ0n) is 11.0. The third kappa shape index (κ3) is 2.17. The first-order valence-corrected chi connectivity index (χ1v) is 7.21. The number of halogens is 3. The van der Waals surface area contributed by atoms with Gasteiger partial charge < -0.3 is 16.2 Å². The molecule has 1 aromatic carbocycles. The lowest BCUT2D eigenvalue weighted by molar-refractivity contribution is 0.0701. The number of fused-ring (bicyclic) bond motifs is 1. The molecule has 0 amide bonds. The summed E-state index contributed by atoms with van der Waals surface area (Å²) < 4.78 is 45.5. The van der Waals surface area contributed by atoms with Crippen LogP contribution in [-0.2, 0) is 9.48 Å². The standard InChI is InChI=1S/C13H14F3N3OS/c14-3-10-8-4-19-12(18)21-13(8,5-20-10)7-1-6(17)2-9(15)11(7)16/h1-2,8,10H,3-5,17H2,(H2,18,19)/t8-,10+,13+/m0/s1. The molecule has 0 bridgehead atoms. The molecule has 2 aliphatic heterocycles. The monoisotopic (exact) mass is 317 g/mol. The summed E-state index contributed by atoms with van der Waals surface area (Å²) in [5, 5.41) is 0.247. The van der Waals surface area contributed by atoms with E-state index < -0.39 is 35.1 Å². The molecule has 4 N–H and O–H groups in total. The predicted molar refractivity (Wildman–Crippen MR) is 75.7 cm³/mol. The van der Waals surface area contributed by atoms with Gasteiger partial charge in [0.2, 0.25) is 0 Å². The molecule has 0 aliphatic carbocycles. The molecular formula is C13H14F3N3OS. The van der Waals surface area contributed by atoms with Crippen LogP contribution < -0.4 is 11.5 Å². The minimum atomic E-state index is -1.04. The highest BCUT2D eigenvalue weighted by atomic mass is 32.2. The van der Waals surface area contributed by atoms with Gasteiger partial charge >= 0.3 is 0 Å². The fraction of sp³-hybridized carbons (Fsp3) is 0.462. The molecule has 1 saturated heterocycles. The normalized spacial score (nSPS) is 31.9. The van der Waals surface area contributed by atoms with Gasteiger partial charge in [-0.25, -0.2) is 13.2 Å². The Morgan fingerprint density at radius 2 is 2.14 bits per heavy atom. The SMILES string of the molecule is NC1=NC[C@H]2[C@@H](CF)OC[C@]2(c2cc(N)cc(F)c2F)S1. The maximum Gasteiger partial charge on any atom is 0.163 e. The van der Waals surface area contributed by atoms with Gasteiger partial charge in [-0.1, -0.05) is 11.8 Å². The molecule has 2 aliphatic rings. The zero-order valence-corrected chi connectivity index (χ0v) is 11.8. The number of nitrogen functional groups attached to an aromatic ring is 1. The van der Waals surface area contributed by atoms with Crippen LogP contribution in [0.4, 0.5) is 18.9 Å². The number of aliphatic imine (C=N–C) groups is 1. The maximum atomic E-state index is 14.3. The van der Waals surface area contributed by atoms with Crippen LogP contribution in [0.2, 0.25) is 0 Å². The van der Waals surface area contributed by atoms with Crippen LogP contribution in [0.25, 0.3) is 0 Å². The van der Waals surface area contributed by atoms with Gasteiger partial charge in [-0.3, -0.25) is 4.99 Å². The number of nitrogens with zero attached hydrogens (tertiary/aromatic N) is 1. The molecule has 4 nitrogen and oxygen atoms in total. The predicted octanol–water partition coefficient (Wildman–Crippen LogP) is 1.79. The summed E-state index contributed by atoms with van der Waals surface area (Å²) >= 11 is 1.08. The molecule has 3 rings (SSSR count). The fourth-order valence-electron chi connectivity index (χ4n) is 2.93. The van der Waals surface area contributed by atoms with E-state index in [0.29, 0.717) is 0 Å². The Bertz CT molecular complexity index is 613. The molecular weight excluding hydrogens is 303 g/mol. The van der Waals surface area contributed by atoms with Crippen LogP contribution in [0.3, 0.4) is 0 Å². The van der Waals surface area contributed by atoms with Crippen LogP contribution in [0.5, 0.6) is 0 Å². The Labute approximate surface area is 123 Å². The number of rotatable bonds is 2. The van der Waals surface area contributed by atoms with Gasteiger partial charge in [0.05, 0.1) is 17.5 Å². The molecule has 1 fully saturated rings. The number of hydrogen-bond acceptors (Lipinski definition) is 5. The topological polar surface area (TPSA) is 73.6 Å². The summed E-state index contributed by atoms with van der Waals surface area (Å²) in [5.74, 6) is -2.46. The molecule has 0 aromatic heterocycles. The van der Waals surface area contributed by atoms with Crippen molar-refractivity contribution in [2.45, 2.75) is 10.9 Å². The van der Waals surface area contributed by atoms with Gasteiger partial charge in [-0.05, 0) is 12.1 Å². The van der Waals surface area contributed by atoms with Crippen molar-refractivity contribution in [1.82, 2.24) is 0 Å². The fourth-order valence-corrected chi connectivity index (χ4v) is 4.21. The number of alkyl halides is 1. The smallest absolute Gasteiger partial charge is 0.163 e. The Kier molecular flexibility index (Phi) is 3.53. The third-order valence-electron chi connectivity index (χ3n) is 3.95. The summed E-state index contributed by atoms with van der Waals surface area (Å²) in [4.78, 5) is 4.08. The molecule has 0 radical (unpaired) electrons. The molecule has 0 spiro atoms. The number of amidine groups is 1. The molecule has 8 heteroatoms. The lowest BCUT2D eigenvalue weighted by Gasteiger charge is -2.37. The molecule has 21 heavy (non-hydrogen) atoms. The van der Waals surface area contributed by atoms with Crippen molar-refractivity contribution in [2.24, 2.45) is 16.6 Å². The Balaban J connectivity index is 2.15. The van der Waals surface area contributed by atoms with Crippen molar-refractivity contribution < 1.29 is 17.9 Å². The van der Waals surface area contributed by atoms with Crippen LogP contribution in [-0.4, -0.2) is 31.1 Å². The minimum Gasteiger partial charge on any atom is -0.399 e. The molecule has 1 aromatic rings. The largest absolute Gasteiger partial charge is 0.399 e. The summed E-state index contributed by atoms with van der Waals surface area (Å²) in [5.41, 5.74) is 11.5. The van der Waals surface area contributed by atoms with E-state index in [1.54, 1.807) is 0 Å². The molecule has 114 valence electrons. The van der Waals surface area contributed by atoms with Gasteiger partial charge in [0.25, 0.3) is 0 Å². The van der Waals surface area contributed by atoms with E-state index >= 15 is 0 Å². The lowest BCUT2D eigenvalue weighted by atomic mass is 9.83. The summed E-state index contributed by atoms with van der Waals surface area (Å²) in [6.07, 6.45) is -0.710. The second kappa shape index (κ2) is 5.10. The number of hydrogen-bond donors (Lipinski definition) is 2. The highest BCUT2D eigenvalue weighted by Gasteiger charge is 2.55. The quantitative estimate of drug-likeness (QED) is 0.816. The van der Waals surface area contributed by atoms with Crippen LogP contribution >= 0.6 is 11.8 Å². The maximum absolute atomic E-state index is 14.3. The van der Waals surface area contributed by atoms with E-state index in [-0.39, 0.29) is 29.6 Å². The molecule has 2 heterocycles. The minimum absolute atomic E-state index is 0.0347. The summed E-state index contributed by atoms with van der Waals surface area (Å²) in [7, 11) is 0. The van der Waals surface area contributed by atoms with Gasteiger partial charge in [0.15, 0.2) is 16.8 Å². The Morgan fingerprint density at radius 3 is 2.86 bits per heavy atom. The first-order valence-electron chi connectivity index (χ1n) is 6.39. The molecule has 3 atom stereocenters. The van der Waals surface area contributed by atoms with Crippen LogP contribution in [0.1, 0.15) is 5.56 Å². The van der Waals surface area contributed by atoms with Gasteiger partial charge in [0, 0.05) is 23.7 Å². The second-order valence-electron chi connectivity index (χ2n) is 5.14. The van der Waals surface area contributed by atoms with Gasteiger partial charge in [-0.2, -0.15) is 0 Å². The first kappa shape index (κ1) is 14.5. The number of nitrogens with two attached hydrogens (primary N) is 2. The summed E-state index contributed by atoms with van der Waals surface area (Å²) in [6, 6.07) is 2.28. The van der Waals surface area contributed by atoms with Crippen molar-refractivity contribution in [1.29, 1.82) is 0 Å². The van der Waals surface area contributed by atoms with E-state index in [4.69, 9.17) is 16.2 Å². The van der Waals surface area contributed by atoms with E-state index in [2.05, 4.69) is 4.99 Å². The van der Waals surface area contributed by atoms with E-state index in [1.807, 2.05) is 0 Å². The van der Waals surface area contributed by atoms with Crippen molar-refractivity contribution in [2.75, 3.05) is 25.6 Å². The third-order valence-corrected chi connectivity index (χ3v) is 5.29. The first-order chi connectivity index (χ1) is 9.98. The van der Waals surface area contributed by atoms with E-state index in [1.165, 1.54) is 6.07 Å². The second-order valence-corrected chi connectivity index (χ2v) is 6.50. The van der Waals surface area contributed by atoms with E-state index in [9.17, 15) is 13.2 Å². The average Bonchev–Trinajstić information content (AvgIpc) is 2.81. The Morgan fingerprint density at radius 1 is 1.38 bits per heavy atom. The van der Waals surface area contributed by atoms with Crippen molar-refractivity contribution in [3.05, 3.63) is 29.3 Å². The number of anilines is 1. The molecule has 0 saturated carbocycles. The van der Waals surface area contributed by atoms with Crippen LogP contribution in [0.15, 0.2) is 17.1 Å². The molecule has 0 unspecified atom stereocenters. The number of benzene rings is 1. The van der Waals surface area contributed by atoms with Crippen molar-refractivity contribution >= 4 is 22.6 Å². The zero-order chi connectivity index (χ0) is 15.2. The van der Waals surface area contributed by atoms with Crippen molar-refractivity contribution in [3.63, 3.8) is 0 Å². The summed E-state index contributed by atoms with van der Waals surface area (Å²) in [6.45, 7) is -0.467. The van der Waals surface area contributed by atoms with Crippen molar-refractivity contribution in [3.8, 4) is 0 Å². The highest BCUT2D eigenvalue weighted by molar-refractivity contribution is 8.14. The number of thioether (sulfide) groups is 1. The van der Waals surface area contributed by atoms with Gasteiger partial charge in [0.1, 0.15) is 6.67 Å². The number of ether oxygens (including phenoxy) is 1. The van der Waals surface area contributed by atoms with Gasteiger partial charge in [-0.15, -0.1) is 0 Å². The highest BCUT2D eigenvalue weighted by Crippen LogP contribution is 2.53. The lowest BCUT2D eigenvalue weighted by Crippen LogP contribution is -2.42. The van der Waals surface area contributed by atoms with E-state index in [0.717, 1.165) is 17.8 Å². The Hall–Kier alpha value is -1.41.